The van der Waals surface area contributed by atoms with Gasteiger partial charge < -0.3 is 9.84 Å². The van der Waals surface area contributed by atoms with Crippen molar-refractivity contribution in [2.24, 2.45) is 4.99 Å². The second-order valence-corrected chi connectivity index (χ2v) is 7.52. The number of rotatable bonds is 3. The van der Waals surface area contributed by atoms with Gasteiger partial charge in [0.15, 0.2) is 11.5 Å². The van der Waals surface area contributed by atoms with E-state index in [-0.39, 0.29) is 5.75 Å². The minimum absolute atomic E-state index is 0.0308. The van der Waals surface area contributed by atoms with Crippen molar-refractivity contribution >= 4 is 64.8 Å². The summed E-state index contributed by atoms with van der Waals surface area (Å²) in [5.41, 5.74) is 2.64. The molecule has 0 fully saturated rings. The lowest BCUT2D eigenvalue weighted by Gasteiger charge is -2.09. The summed E-state index contributed by atoms with van der Waals surface area (Å²) < 4.78 is 7.73. The van der Waals surface area contributed by atoms with E-state index in [1.54, 1.807) is 12.3 Å². The molecule has 1 heterocycles. The first-order chi connectivity index (χ1) is 11.0. The van der Waals surface area contributed by atoms with Gasteiger partial charge in [0.05, 0.1) is 22.9 Å². The number of benzene rings is 2. The molecule has 3 rings (SSSR count). The van der Waals surface area contributed by atoms with Crippen molar-refractivity contribution in [3.05, 3.63) is 44.3 Å². The number of fused-ring (bicyclic) bond motifs is 1. The number of aromatic hydroxyl groups is 1. The summed E-state index contributed by atoms with van der Waals surface area (Å²) in [6, 6.07) is 7.78. The summed E-state index contributed by atoms with van der Waals surface area (Å²) in [6.07, 6.45) is 1.58. The van der Waals surface area contributed by atoms with E-state index in [4.69, 9.17) is 4.74 Å². The first kappa shape index (κ1) is 16.4. The van der Waals surface area contributed by atoms with E-state index in [2.05, 4.69) is 47.9 Å². The monoisotopic (exact) mass is 454 g/mol. The Bertz CT molecular complexity index is 922. The largest absolute Gasteiger partial charge is 0.504 e. The summed E-state index contributed by atoms with van der Waals surface area (Å²) in [5.74, 6) is 0.407. The molecule has 0 atom stereocenters. The number of phenolic OH excluding ortho intramolecular Hbond substituents is 1. The van der Waals surface area contributed by atoms with Crippen molar-refractivity contribution in [3.63, 3.8) is 0 Å². The van der Waals surface area contributed by atoms with Crippen molar-refractivity contribution in [3.8, 4) is 11.5 Å². The lowest BCUT2D eigenvalue weighted by Crippen LogP contribution is -1.91. The molecule has 0 saturated heterocycles. The Balaban J connectivity index is 2.03. The molecule has 0 radical (unpaired) electrons. The van der Waals surface area contributed by atoms with Crippen LogP contribution in [-0.4, -0.2) is 23.4 Å². The molecule has 0 amide bonds. The summed E-state index contributed by atoms with van der Waals surface area (Å²) >= 11 is 8.37. The van der Waals surface area contributed by atoms with Crippen molar-refractivity contribution in [2.45, 2.75) is 6.92 Å². The Kier molecular flexibility index (Phi) is 4.70. The predicted molar refractivity (Wildman–Crippen MR) is 102 cm³/mol. The Labute approximate surface area is 154 Å². The summed E-state index contributed by atoms with van der Waals surface area (Å²) in [7, 11) is 1.51. The molecule has 0 bridgehead atoms. The minimum atomic E-state index is 0.0308. The Morgan fingerprint density at radius 3 is 2.83 bits per heavy atom. The first-order valence-corrected chi connectivity index (χ1v) is 9.06. The topological polar surface area (TPSA) is 54.7 Å². The van der Waals surface area contributed by atoms with Gasteiger partial charge in [0.1, 0.15) is 0 Å². The van der Waals surface area contributed by atoms with Crippen LogP contribution in [-0.2, 0) is 0 Å². The lowest BCUT2D eigenvalue weighted by atomic mass is 10.2. The van der Waals surface area contributed by atoms with Crippen LogP contribution in [0.2, 0.25) is 0 Å². The highest BCUT2D eigenvalue weighted by Crippen LogP contribution is 2.40. The molecule has 3 aromatic rings. The van der Waals surface area contributed by atoms with Gasteiger partial charge in [-0.1, -0.05) is 17.4 Å². The van der Waals surface area contributed by atoms with Crippen molar-refractivity contribution in [1.29, 1.82) is 0 Å². The van der Waals surface area contributed by atoms with Crippen LogP contribution in [0, 0.1) is 6.92 Å². The van der Waals surface area contributed by atoms with Crippen LogP contribution >= 0.6 is 43.2 Å². The Hall–Kier alpha value is -1.44. The summed E-state index contributed by atoms with van der Waals surface area (Å²) in [6.45, 7) is 2.05. The zero-order valence-electron chi connectivity index (χ0n) is 12.3. The van der Waals surface area contributed by atoms with Gasteiger partial charge in [0.2, 0.25) is 5.13 Å². The van der Waals surface area contributed by atoms with Gasteiger partial charge in [-0.15, -0.1) is 0 Å². The standard InChI is InChI=1S/C16H12Br2N2O2S/c1-8-3-4-11-13(5-8)23-16(20-11)19-7-9-14(18)10(17)6-12(22-2)15(9)21/h3-7,21H,1-2H3/b19-7+. The van der Waals surface area contributed by atoms with E-state index < -0.39 is 0 Å². The third kappa shape index (κ3) is 3.27. The smallest absolute Gasteiger partial charge is 0.210 e. The maximum atomic E-state index is 10.3. The second kappa shape index (κ2) is 6.59. The molecule has 118 valence electrons. The lowest BCUT2D eigenvalue weighted by molar-refractivity contribution is 0.372. The Morgan fingerprint density at radius 2 is 2.09 bits per heavy atom. The van der Waals surface area contributed by atoms with Gasteiger partial charge in [-0.3, -0.25) is 0 Å². The van der Waals surface area contributed by atoms with E-state index in [0.29, 0.717) is 20.9 Å². The van der Waals surface area contributed by atoms with E-state index in [1.165, 1.54) is 24.0 Å². The maximum Gasteiger partial charge on any atom is 0.210 e. The fourth-order valence-corrected chi connectivity index (χ4v) is 3.82. The van der Waals surface area contributed by atoms with E-state index in [9.17, 15) is 5.11 Å². The number of hydrogen-bond acceptors (Lipinski definition) is 5. The third-order valence-corrected chi connectivity index (χ3v) is 6.19. The molecule has 2 aromatic carbocycles. The molecule has 0 spiro atoms. The number of hydrogen-bond donors (Lipinski definition) is 1. The Morgan fingerprint density at radius 1 is 1.30 bits per heavy atom. The molecule has 7 heteroatoms. The average Bonchev–Trinajstić information content (AvgIpc) is 2.92. The van der Waals surface area contributed by atoms with Gasteiger partial charge in [-0.05, 0) is 62.5 Å². The van der Waals surface area contributed by atoms with E-state index in [0.717, 1.165) is 14.7 Å². The van der Waals surface area contributed by atoms with Gasteiger partial charge in [-0.2, -0.15) is 0 Å². The summed E-state index contributed by atoms with van der Waals surface area (Å²) in [4.78, 5) is 8.87. The molecule has 1 N–H and O–H groups in total. The molecule has 0 aliphatic carbocycles. The highest BCUT2D eigenvalue weighted by atomic mass is 79.9. The molecule has 0 unspecified atom stereocenters. The van der Waals surface area contributed by atoms with Crippen molar-refractivity contribution in [2.75, 3.05) is 7.11 Å². The number of halogens is 2. The van der Waals surface area contributed by atoms with Crippen LogP contribution in [0.15, 0.2) is 38.2 Å². The number of aryl methyl sites for hydroxylation is 1. The maximum absolute atomic E-state index is 10.3. The number of ether oxygens (including phenoxy) is 1. The zero-order valence-corrected chi connectivity index (χ0v) is 16.3. The molecule has 1 aromatic heterocycles. The second-order valence-electron chi connectivity index (χ2n) is 4.86. The molecule has 23 heavy (non-hydrogen) atoms. The molecular weight excluding hydrogens is 444 g/mol. The highest BCUT2D eigenvalue weighted by Gasteiger charge is 2.14. The van der Waals surface area contributed by atoms with Gasteiger partial charge in [-0.25, -0.2) is 9.98 Å². The van der Waals surface area contributed by atoms with Crippen LogP contribution < -0.4 is 4.74 Å². The van der Waals surface area contributed by atoms with Crippen LogP contribution in [0.4, 0.5) is 5.13 Å². The third-order valence-electron chi connectivity index (χ3n) is 3.25. The minimum Gasteiger partial charge on any atom is -0.504 e. The van der Waals surface area contributed by atoms with E-state index in [1.807, 2.05) is 19.1 Å². The van der Waals surface area contributed by atoms with Crippen LogP contribution in [0.5, 0.6) is 11.5 Å². The number of thiazole rings is 1. The molecule has 0 aliphatic heterocycles. The van der Waals surface area contributed by atoms with Crippen LogP contribution in [0.3, 0.4) is 0 Å². The number of phenols is 1. The predicted octanol–water partition coefficient (Wildman–Crippen LogP) is 5.59. The van der Waals surface area contributed by atoms with Gasteiger partial charge in [0.25, 0.3) is 0 Å². The molecule has 0 aliphatic rings. The number of aliphatic imine (C=N–C) groups is 1. The van der Waals surface area contributed by atoms with Gasteiger partial charge in [0, 0.05) is 15.2 Å². The summed E-state index contributed by atoms with van der Waals surface area (Å²) in [5, 5.41) is 10.9. The van der Waals surface area contributed by atoms with Crippen LogP contribution in [0.25, 0.3) is 10.2 Å². The van der Waals surface area contributed by atoms with Crippen LogP contribution in [0.1, 0.15) is 11.1 Å². The fraction of sp³-hybridized carbons (Fsp3) is 0.125. The highest BCUT2D eigenvalue weighted by molar-refractivity contribution is 9.13. The first-order valence-electron chi connectivity index (χ1n) is 6.66. The van der Waals surface area contributed by atoms with Gasteiger partial charge >= 0.3 is 0 Å². The number of aromatic nitrogens is 1. The van der Waals surface area contributed by atoms with Crippen molar-refractivity contribution < 1.29 is 9.84 Å². The molecule has 0 saturated carbocycles. The van der Waals surface area contributed by atoms with E-state index >= 15 is 0 Å². The number of nitrogens with zero attached hydrogens (tertiary/aromatic N) is 2. The van der Waals surface area contributed by atoms with Crippen molar-refractivity contribution in [1.82, 2.24) is 4.98 Å². The number of methoxy groups -OCH3 is 1. The molecular formula is C16H12Br2N2O2S. The normalized spacial score (nSPS) is 11.5. The zero-order chi connectivity index (χ0) is 16.6. The quantitative estimate of drug-likeness (QED) is 0.523. The molecule has 4 nitrogen and oxygen atoms in total. The fourth-order valence-electron chi connectivity index (χ4n) is 2.08. The SMILES string of the molecule is COc1cc(Br)c(Br)c(/C=N/c2nc3ccc(C)cc3s2)c1O. The average molecular weight is 456 g/mol.